The first-order valence-electron chi connectivity index (χ1n) is 11.0. The molecule has 6 nitrogen and oxygen atoms in total. The van der Waals surface area contributed by atoms with E-state index >= 15 is 0 Å². The van der Waals surface area contributed by atoms with Crippen molar-refractivity contribution >= 4 is 23.2 Å². The highest BCUT2D eigenvalue weighted by atomic mass is 19.1. The quantitative estimate of drug-likeness (QED) is 0.446. The third-order valence-electron chi connectivity index (χ3n) is 5.63. The van der Waals surface area contributed by atoms with E-state index in [0.29, 0.717) is 29.3 Å². The number of hydrogen-bond acceptors (Lipinski definition) is 4. The summed E-state index contributed by atoms with van der Waals surface area (Å²) < 4.78 is 13.9. The lowest BCUT2D eigenvalue weighted by Crippen LogP contribution is -2.47. The molecule has 1 aliphatic carbocycles. The molecule has 0 radical (unpaired) electrons. The minimum Gasteiger partial charge on any atom is -0.353 e. The topological polar surface area (TPSA) is 83.1 Å². The van der Waals surface area contributed by atoms with Crippen LogP contribution < -0.4 is 16.0 Å². The van der Waals surface area contributed by atoms with Crippen molar-refractivity contribution in [1.29, 1.82) is 0 Å². The third kappa shape index (κ3) is 6.87. The molecule has 3 N–H and O–H groups in total. The highest BCUT2D eigenvalue weighted by Gasteiger charge is 2.27. The molecule has 33 heavy (non-hydrogen) atoms. The van der Waals surface area contributed by atoms with Gasteiger partial charge in [-0.05, 0) is 48.8 Å². The summed E-state index contributed by atoms with van der Waals surface area (Å²) in [6.07, 6.45) is 12.3. The van der Waals surface area contributed by atoms with Crippen molar-refractivity contribution in [3.63, 3.8) is 0 Å². The fourth-order valence-electron chi connectivity index (χ4n) is 3.94. The highest BCUT2D eigenvalue weighted by Crippen LogP contribution is 2.29. The van der Waals surface area contributed by atoms with Crippen LogP contribution in [0.15, 0.2) is 79.8 Å². The summed E-state index contributed by atoms with van der Waals surface area (Å²) >= 11 is 0. The van der Waals surface area contributed by atoms with Crippen LogP contribution in [0.1, 0.15) is 42.5 Å². The van der Waals surface area contributed by atoms with E-state index in [0.717, 1.165) is 31.9 Å². The fraction of sp³-hybridized carbons (Fsp3) is 0.269. The molecule has 1 aromatic carbocycles. The van der Waals surface area contributed by atoms with Crippen LogP contribution in [0.4, 0.5) is 15.8 Å². The van der Waals surface area contributed by atoms with Crippen molar-refractivity contribution in [2.24, 2.45) is 5.92 Å². The number of benzene rings is 1. The number of nitrogens with one attached hydrogen (secondary N) is 3. The maximum absolute atomic E-state index is 13.9. The van der Waals surface area contributed by atoms with Gasteiger partial charge in [-0.15, -0.1) is 0 Å². The maximum Gasteiger partial charge on any atom is 0.252 e. The zero-order valence-corrected chi connectivity index (χ0v) is 18.5. The summed E-state index contributed by atoms with van der Waals surface area (Å²) in [5.41, 5.74) is 1.69. The number of aromatic nitrogens is 1. The van der Waals surface area contributed by atoms with Crippen molar-refractivity contribution in [3.05, 3.63) is 91.2 Å². The minimum atomic E-state index is -0.692. The van der Waals surface area contributed by atoms with Gasteiger partial charge in [0.25, 0.3) is 5.91 Å². The Morgan fingerprint density at radius 3 is 2.70 bits per heavy atom. The summed E-state index contributed by atoms with van der Waals surface area (Å²) in [5, 5.41) is 8.64. The molecule has 0 bridgehead atoms. The van der Waals surface area contributed by atoms with E-state index in [1.807, 2.05) is 0 Å². The molecule has 2 amide bonds. The molecular weight excluding hydrogens is 419 g/mol. The molecule has 0 spiro atoms. The summed E-state index contributed by atoms with van der Waals surface area (Å²) in [6.45, 7) is 7.34. The van der Waals surface area contributed by atoms with Crippen LogP contribution in [-0.2, 0) is 4.79 Å². The molecule has 0 saturated heterocycles. The first kappa shape index (κ1) is 23.9. The van der Waals surface area contributed by atoms with Gasteiger partial charge in [-0.1, -0.05) is 51.0 Å². The van der Waals surface area contributed by atoms with Crippen LogP contribution in [0.3, 0.4) is 0 Å². The van der Waals surface area contributed by atoms with Crippen molar-refractivity contribution in [2.45, 2.75) is 38.1 Å². The number of pyridine rings is 1. The average Bonchev–Trinajstić information content (AvgIpc) is 3.33. The fourth-order valence-corrected chi connectivity index (χ4v) is 3.94. The lowest BCUT2D eigenvalue weighted by Gasteiger charge is -2.22. The number of anilines is 2. The molecule has 1 atom stereocenters. The predicted molar refractivity (Wildman–Crippen MR) is 128 cm³/mol. The van der Waals surface area contributed by atoms with Gasteiger partial charge in [0.05, 0.1) is 11.9 Å². The number of rotatable bonds is 10. The smallest absolute Gasteiger partial charge is 0.252 e. The van der Waals surface area contributed by atoms with E-state index in [9.17, 15) is 14.0 Å². The summed E-state index contributed by atoms with van der Waals surface area (Å²) in [4.78, 5) is 29.7. The van der Waals surface area contributed by atoms with Gasteiger partial charge in [-0.2, -0.15) is 0 Å². The number of carbonyl (C=O) groups is 2. The van der Waals surface area contributed by atoms with E-state index in [-0.39, 0.29) is 17.5 Å². The molecular formula is C26H29FN4O2. The maximum atomic E-state index is 13.9. The number of carbonyl (C=O) groups excluding carboxylic acids is 2. The number of hydrogen-bond donors (Lipinski definition) is 3. The first-order valence-corrected chi connectivity index (χ1v) is 11.0. The Morgan fingerprint density at radius 1 is 1.21 bits per heavy atom. The molecule has 1 saturated carbocycles. The molecule has 1 fully saturated rings. The Balaban J connectivity index is 1.74. The molecule has 1 aromatic heterocycles. The number of nitrogens with zero attached hydrogens (tertiary/aromatic N) is 1. The second kappa shape index (κ2) is 11.8. The van der Waals surface area contributed by atoms with Gasteiger partial charge >= 0.3 is 0 Å². The van der Waals surface area contributed by atoms with Crippen LogP contribution in [-0.4, -0.2) is 22.8 Å². The molecule has 2 aromatic rings. The molecule has 0 aliphatic heterocycles. The Morgan fingerprint density at radius 2 is 2.00 bits per heavy atom. The monoisotopic (exact) mass is 448 g/mol. The van der Waals surface area contributed by atoms with E-state index in [4.69, 9.17) is 0 Å². The number of amides is 2. The molecule has 1 heterocycles. The van der Waals surface area contributed by atoms with Crippen LogP contribution in [0.5, 0.6) is 0 Å². The third-order valence-corrected chi connectivity index (χ3v) is 5.63. The van der Waals surface area contributed by atoms with Gasteiger partial charge in [0, 0.05) is 23.1 Å². The summed E-state index contributed by atoms with van der Waals surface area (Å²) in [6, 6.07) is 7.52. The molecule has 1 aliphatic rings. The Labute approximate surface area is 193 Å². The summed E-state index contributed by atoms with van der Waals surface area (Å²) in [7, 11) is 0. The van der Waals surface area contributed by atoms with E-state index < -0.39 is 11.9 Å². The normalized spacial score (nSPS) is 14.9. The Bertz CT molecular complexity index is 1040. The van der Waals surface area contributed by atoms with E-state index in [1.54, 1.807) is 36.4 Å². The van der Waals surface area contributed by atoms with Crippen LogP contribution in [0.2, 0.25) is 0 Å². The van der Waals surface area contributed by atoms with Crippen molar-refractivity contribution in [3.8, 4) is 0 Å². The van der Waals surface area contributed by atoms with Gasteiger partial charge in [-0.25, -0.2) is 4.39 Å². The van der Waals surface area contributed by atoms with Gasteiger partial charge in [0.2, 0.25) is 5.91 Å². The van der Waals surface area contributed by atoms with Gasteiger partial charge in [-0.3, -0.25) is 14.6 Å². The first-order chi connectivity index (χ1) is 16.0. The average molecular weight is 449 g/mol. The molecule has 1 unspecified atom stereocenters. The van der Waals surface area contributed by atoms with Crippen LogP contribution in [0, 0.1) is 11.7 Å². The predicted octanol–water partition coefficient (Wildman–Crippen LogP) is 5.02. The van der Waals surface area contributed by atoms with Crippen LogP contribution in [0.25, 0.3) is 0 Å². The van der Waals surface area contributed by atoms with Crippen molar-refractivity contribution < 1.29 is 14.0 Å². The second-order valence-corrected chi connectivity index (χ2v) is 8.02. The lowest BCUT2D eigenvalue weighted by molar-refractivity contribution is -0.122. The highest BCUT2D eigenvalue weighted by molar-refractivity contribution is 5.98. The zero-order chi connectivity index (χ0) is 23.6. The standard InChI is InChI=1S/C26H29FN4O2/c1-3-8-20(4-2)30-26(33)24(15-18-9-5-6-10-18)31-25(32)19-11-7-12-21(16-19)29-23-13-14-28-17-22(23)27/h3-4,7-8,11-14,16-18,24H,1-2,5-6,9-10,15H2,(H,28,29)(H,30,33)(H,31,32)/b20-8+. The van der Waals surface area contributed by atoms with Crippen molar-refractivity contribution in [1.82, 2.24) is 15.6 Å². The van der Waals surface area contributed by atoms with Crippen molar-refractivity contribution in [2.75, 3.05) is 5.32 Å². The zero-order valence-electron chi connectivity index (χ0n) is 18.5. The van der Waals surface area contributed by atoms with E-state index in [2.05, 4.69) is 34.1 Å². The van der Waals surface area contributed by atoms with Crippen LogP contribution >= 0.6 is 0 Å². The van der Waals surface area contributed by atoms with Gasteiger partial charge in [0.1, 0.15) is 6.04 Å². The molecule has 7 heteroatoms. The minimum absolute atomic E-state index is 0.256. The molecule has 3 rings (SSSR count). The number of halogens is 1. The van der Waals surface area contributed by atoms with Gasteiger partial charge < -0.3 is 16.0 Å². The Hall–Kier alpha value is -3.74. The lowest BCUT2D eigenvalue weighted by atomic mass is 9.97. The van der Waals surface area contributed by atoms with Gasteiger partial charge in [0.15, 0.2) is 5.82 Å². The second-order valence-electron chi connectivity index (χ2n) is 8.02. The van der Waals surface area contributed by atoms with E-state index in [1.165, 1.54) is 18.3 Å². The SMILES string of the molecule is C=C/C=C(\C=C)NC(=O)C(CC1CCCC1)NC(=O)c1cccc(Nc2ccncc2F)c1. The largest absolute Gasteiger partial charge is 0.353 e. The Kier molecular flexibility index (Phi) is 8.52. The molecule has 172 valence electrons. The number of allylic oxidation sites excluding steroid dienone is 3. The summed E-state index contributed by atoms with van der Waals surface area (Å²) in [5.74, 6) is -0.776.